The molecule has 4 heterocycles. The lowest BCUT2D eigenvalue weighted by molar-refractivity contribution is 0.0330. The van der Waals surface area contributed by atoms with Crippen LogP contribution in [0.15, 0.2) is 10.2 Å². The average Bonchev–Trinajstić information content (AvgIpc) is 3.29. The summed E-state index contributed by atoms with van der Waals surface area (Å²) in [5, 5.41) is 11.3. The van der Waals surface area contributed by atoms with Crippen LogP contribution in [0.1, 0.15) is 41.9 Å². The maximum absolute atomic E-state index is 6.21. The molecule has 0 bridgehead atoms. The van der Waals surface area contributed by atoms with Gasteiger partial charge in [-0.25, -0.2) is 14.6 Å². The third kappa shape index (κ3) is 3.74. The van der Waals surface area contributed by atoms with Gasteiger partial charge in [-0.05, 0) is 43.0 Å². The SMILES string of the molecule is CCc1nnc(Sc2nc(CN3CCOCC3)nc3sc4c(c23)CCCC4)n1N. The number of thiophene rings is 1. The minimum absolute atomic E-state index is 0.676. The van der Waals surface area contributed by atoms with Crippen molar-refractivity contribution in [2.45, 2.75) is 55.8 Å². The summed E-state index contributed by atoms with van der Waals surface area (Å²) >= 11 is 3.34. The largest absolute Gasteiger partial charge is 0.379 e. The maximum atomic E-state index is 6.21. The monoisotopic (exact) mass is 431 g/mol. The molecule has 0 unspecified atom stereocenters. The number of aromatic nitrogens is 5. The summed E-state index contributed by atoms with van der Waals surface area (Å²) in [6.45, 7) is 6.15. The van der Waals surface area contributed by atoms with Crippen molar-refractivity contribution in [1.82, 2.24) is 29.7 Å². The molecule has 1 fully saturated rings. The zero-order valence-electron chi connectivity index (χ0n) is 16.6. The normalized spacial score (nSPS) is 17.7. The summed E-state index contributed by atoms with van der Waals surface area (Å²) < 4.78 is 7.06. The minimum Gasteiger partial charge on any atom is -0.379 e. The van der Waals surface area contributed by atoms with Crippen LogP contribution in [0, 0.1) is 0 Å². The molecule has 10 heteroatoms. The third-order valence-corrected chi connectivity index (χ3v) is 7.67. The Morgan fingerprint density at radius 1 is 1.14 bits per heavy atom. The molecular weight excluding hydrogens is 406 g/mol. The fourth-order valence-electron chi connectivity index (χ4n) is 3.97. The fraction of sp³-hybridized carbons (Fsp3) is 0.579. The molecule has 3 aromatic heterocycles. The van der Waals surface area contributed by atoms with Crippen LogP contribution in [0.5, 0.6) is 0 Å². The van der Waals surface area contributed by atoms with Gasteiger partial charge in [0.1, 0.15) is 15.7 Å². The number of hydrogen-bond donors (Lipinski definition) is 1. The van der Waals surface area contributed by atoms with Crippen LogP contribution in [-0.4, -0.2) is 56.0 Å². The van der Waals surface area contributed by atoms with Crippen molar-refractivity contribution in [2.75, 3.05) is 32.1 Å². The van der Waals surface area contributed by atoms with E-state index in [-0.39, 0.29) is 0 Å². The Morgan fingerprint density at radius 2 is 1.97 bits per heavy atom. The lowest BCUT2D eigenvalue weighted by Gasteiger charge is -2.25. The predicted molar refractivity (Wildman–Crippen MR) is 114 cm³/mol. The third-order valence-electron chi connectivity index (χ3n) is 5.54. The van der Waals surface area contributed by atoms with Crippen molar-refractivity contribution >= 4 is 33.3 Å². The predicted octanol–water partition coefficient (Wildman–Crippen LogP) is 2.42. The van der Waals surface area contributed by atoms with E-state index >= 15 is 0 Å². The molecule has 1 saturated heterocycles. The van der Waals surface area contributed by atoms with Gasteiger partial charge in [0, 0.05) is 29.8 Å². The van der Waals surface area contributed by atoms with Gasteiger partial charge in [-0.2, -0.15) is 0 Å². The highest BCUT2D eigenvalue weighted by Crippen LogP contribution is 2.41. The van der Waals surface area contributed by atoms with Gasteiger partial charge in [0.2, 0.25) is 5.16 Å². The van der Waals surface area contributed by atoms with Crippen molar-refractivity contribution in [3.63, 3.8) is 0 Å². The van der Waals surface area contributed by atoms with Gasteiger partial charge in [0.05, 0.1) is 19.8 Å². The van der Waals surface area contributed by atoms with Crippen LogP contribution >= 0.6 is 23.1 Å². The van der Waals surface area contributed by atoms with E-state index in [2.05, 4.69) is 15.1 Å². The second-order valence-electron chi connectivity index (χ2n) is 7.45. The molecule has 154 valence electrons. The molecule has 0 spiro atoms. The Bertz CT molecular complexity index is 1030. The van der Waals surface area contributed by atoms with Crippen molar-refractivity contribution in [1.29, 1.82) is 0 Å². The van der Waals surface area contributed by atoms with E-state index in [1.54, 1.807) is 4.68 Å². The van der Waals surface area contributed by atoms with Crippen LogP contribution in [-0.2, 0) is 30.5 Å². The molecule has 5 rings (SSSR count). The van der Waals surface area contributed by atoms with E-state index in [4.69, 9.17) is 20.5 Å². The van der Waals surface area contributed by atoms with Gasteiger partial charge in [-0.1, -0.05) is 6.92 Å². The molecular formula is C19H25N7OS2. The summed E-state index contributed by atoms with van der Waals surface area (Å²) in [4.78, 5) is 14.9. The standard InChI is InChI=1S/C19H25N7OS2/c1-2-15-23-24-19(26(15)20)29-18-16-12-5-3-4-6-13(12)28-17(16)21-14(22-18)11-25-7-9-27-10-8-25/h2-11,20H2,1H3. The molecule has 0 amide bonds. The summed E-state index contributed by atoms with van der Waals surface area (Å²) in [6, 6.07) is 0. The van der Waals surface area contributed by atoms with Crippen LogP contribution in [0.25, 0.3) is 10.2 Å². The molecule has 1 aliphatic carbocycles. The van der Waals surface area contributed by atoms with E-state index in [0.29, 0.717) is 5.16 Å². The first-order chi connectivity index (χ1) is 14.2. The first-order valence-corrected chi connectivity index (χ1v) is 11.8. The van der Waals surface area contributed by atoms with E-state index < -0.39 is 0 Å². The average molecular weight is 432 g/mol. The second kappa shape index (κ2) is 8.17. The number of rotatable bonds is 5. The Kier molecular flexibility index (Phi) is 5.42. The number of aryl methyl sites for hydroxylation is 3. The van der Waals surface area contributed by atoms with Crippen molar-refractivity contribution in [3.8, 4) is 0 Å². The second-order valence-corrected chi connectivity index (χ2v) is 9.49. The fourth-order valence-corrected chi connectivity index (χ4v) is 6.25. The van der Waals surface area contributed by atoms with Gasteiger partial charge < -0.3 is 10.6 Å². The Morgan fingerprint density at radius 3 is 2.76 bits per heavy atom. The number of nitrogens with zero attached hydrogens (tertiary/aromatic N) is 6. The zero-order valence-corrected chi connectivity index (χ0v) is 18.2. The highest BCUT2D eigenvalue weighted by atomic mass is 32.2. The number of nitrogen functional groups attached to an aromatic ring is 1. The quantitative estimate of drug-likeness (QED) is 0.486. The van der Waals surface area contributed by atoms with E-state index in [9.17, 15) is 0 Å². The first kappa shape index (κ1) is 19.2. The van der Waals surface area contributed by atoms with Crippen LogP contribution in [0.4, 0.5) is 0 Å². The topological polar surface area (TPSA) is 95.0 Å². The molecule has 1 aliphatic heterocycles. The van der Waals surface area contributed by atoms with Gasteiger partial charge >= 0.3 is 0 Å². The molecule has 3 aromatic rings. The van der Waals surface area contributed by atoms with E-state index in [1.165, 1.54) is 40.4 Å². The van der Waals surface area contributed by atoms with Gasteiger partial charge in [0.25, 0.3) is 0 Å². The van der Waals surface area contributed by atoms with Crippen LogP contribution in [0.2, 0.25) is 0 Å². The minimum atomic E-state index is 0.676. The maximum Gasteiger partial charge on any atom is 0.216 e. The zero-order chi connectivity index (χ0) is 19.8. The smallest absolute Gasteiger partial charge is 0.216 e. The Balaban J connectivity index is 1.56. The summed E-state index contributed by atoms with van der Waals surface area (Å²) in [5.41, 5.74) is 1.43. The van der Waals surface area contributed by atoms with Crippen molar-refractivity contribution < 1.29 is 4.74 Å². The molecule has 0 radical (unpaired) electrons. The van der Waals surface area contributed by atoms with Gasteiger partial charge in [-0.3, -0.25) is 4.90 Å². The molecule has 2 aliphatic rings. The summed E-state index contributed by atoms with van der Waals surface area (Å²) in [6.07, 6.45) is 5.48. The molecule has 0 aromatic carbocycles. The molecule has 0 atom stereocenters. The number of fused-ring (bicyclic) bond motifs is 3. The van der Waals surface area contributed by atoms with Gasteiger partial charge in [0.15, 0.2) is 5.82 Å². The van der Waals surface area contributed by atoms with E-state index in [1.807, 2.05) is 18.3 Å². The van der Waals surface area contributed by atoms with Gasteiger partial charge in [-0.15, -0.1) is 21.5 Å². The highest BCUT2D eigenvalue weighted by Gasteiger charge is 2.24. The highest BCUT2D eigenvalue weighted by molar-refractivity contribution is 7.99. The lowest BCUT2D eigenvalue weighted by atomic mass is 9.97. The lowest BCUT2D eigenvalue weighted by Crippen LogP contribution is -2.36. The molecule has 0 saturated carbocycles. The molecule has 8 nitrogen and oxygen atoms in total. The molecule has 29 heavy (non-hydrogen) atoms. The summed E-state index contributed by atoms with van der Waals surface area (Å²) in [5.74, 6) is 7.85. The first-order valence-electron chi connectivity index (χ1n) is 10.2. The number of hydrogen-bond acceptors (Lipinski definition) is 9. The Labute approximate surface area is 177 Å². The summed E-state index contributed by atoms with van der Waals surface area (Å²) in [7, 11) is 0. The Hall–Kier alpha value is -1.75. The van der Waals surface area contributed by atoms with E-state index in [0.717, 1.165) is 73.6 Å². The van der Waals surface area contributed by atoms with Crippen molar-refractivity contribution in [2.24, 2.45) is 0 Å². The number of nitrogens with two attached hydrogens (primary N) is 1. The van der Waals surface area contributed by atoms with Crippen LogP contribution in [0.3, 0.4) is 0 Å². The number of ether oxygens (including phenoxy) is 1. The van der Waals surface area contributed by atoms with Crippen molar-refractivity contribution in [3.05, 3.63) is 22.1 Å². The van der Waals surface area contributed by atoms with Crippen LogP contribution < -0.4 is 5.84 Å². The number of morpholine rings is 1. The molecule has 2 N–H and O–H groups in total.